The van der Waals surface area contributed by atoms with Gasteiger partial charge in [0, 0.05) is 18.0 Å². The summed E-state index contributed by atoms with van der Waals surface area (Å²) in [6.45, 7) is 8.66. The minimum Gasteiger partial charge on any atom is -0.497 e. The number of carbonyl (C=O) groups is 1. The summed E-state index contributed by atoms with van der Waals surface area (Å²) >= 11 is 1.38. The molecule has 0 atom stereocenters. The second-order valence-corrected chi connectivity index (χ2v) is 7.65. The summed E-state index contributed by atoms with van der Waals surface area (Å²) in [4.78, 5) is 32.4. The van der Waals surface area contributed by atoms with Crippen LogP contribution in [0.3, 0.4) is 0 Å². The largest absolute Gasteiger partial charge is 0.497 e. The quantitative estimate of drug-likeness (QED) is 0.572. The Kier molecular flexibility index (Phi) is 5.94. The van der Waals surface area contributed by atoms with E-state index in [9.17, 15) is 9.59 Å². The Morgan fingerprint density at radius 1 is 1.32 bits per heavy atom. The van der Waals surface area contributed by atoms with Crippen LogP contribution in [0.5, 0.6) is 5.75 Å². The monoisotopic (exact) mass is 397 g/mol. The molecule has 3 aromatic rings. The molecule has 0 aliphatic carbocycles. The molecule has 1 amide bonds. The first kappa shape index (κ1) is 19.8. The molecule has 0 saturated heterocycles. The first-order valence-corrected chi connectivity index (χ1v) is 9.80. The van der Waals surface area contributed by atoms with Crippen molar-refractivity contribution < 1.29 is 9.53 Å². The minimum absolute atomic E-state index is 0.0291. The minimum atomic E-state index is -0.200. The van der Waals surface area contributed by atoms with Crippen LogP contribution in [0.1, 0.15) is 13.8 Å². The summed E-state index contributed by atoms with van der Waals surface area (Å²) in [5.41, 5.74) is 2.33. The van der Waals surface area contributed by atoms with Crippen molar-refractivity contribution in [2.45, 2.75) is 20.4 Å². The highest BCUT2D eigenvalue weighted by atomic mass is 32.1. The number of ether oxygens (including phenoxy) is 1. The SMILES string of the molecule is C=C(C)CN(CC)C(=O)Cn1cnc2cc(-c3ccc(OC)cc3)sc2c1=O. The lowest BCUT2D eigenvalue weighted by Crippen LogP contribution is -2.37. The molecule has 2 heterocycles. The summed E-state index contributed by atoms with van der Waals surface area (Å²) in [5.74, 6) is 0.653. The van der Waals surface area contributed by atoms with Gasteiger partial charge in [-0.15, -0.1) is 11.3 Å². The van der Waals surface area contributed by atoms with E-state index >= 15 is 0 Å². The number of carbonyl (C=O) groups excluding carboxylic acids is 1. The molecule has 146 valence electrons. The van der Waals surface area contributed by atoms with Crippen molar-refractivity contribution in [3.05, 3.63) is 59.2 Å². The molecule has 1 aromatic carbocycles. The van der Waals surface area contributed by atoms with Crippen LogP contribution < -0.4 is 10.3 Å². The Bertz CT molecular complexity index is 1070. The Morgan fingerprint density at radius 2 is 2.04 bits per heavy atom. The zero-order valence-corrected chi connectivity index (χ0v) is 17.1. The standard InChI is InChI=1S/C21H23N3O3S/c1-5-23(11-14(2)3)19(25)12-24-13-22-17-10-18(28-20(17)21(24)26)15-6-8-16(27-4)9-7-15/h6-10,13H,2,5,11-12H2,1,3-4H3. The second kappa shape index (κ2) is 8.39. The molecule has 28 heavy (non-hydrogen) atoms. The topological polar surface area (TPSA) is 64.4 Å². The molecule has 0 N–H and O–H groups in total. The number of amides is 1. The number of likely N-dealkylation sites (N-methyl/N-ethyl adjacent to an activating group) is 1. The maximum absolute atomic E-state index is 12.9. The third kappa shape index (κ3) is 4.14. The van der Waals surface area contributed by atoms with Gasteiger partial charge >= 0.3 is 0 Å². The van der Waals surface area contributed by atoms with Gasteiger partial charge in [-0.05, 0) is 49.7 Å². The van der Waals surface area contributed by atoms with Gasteiger partial charge in [0.15, 0.2) is 0 Å². The number of hydrogen-bond acceptors (Lipinski definition) is 5. The van der Waals surface area contributed by atoms with E-state index < -0.39 is 0 Å². The highest BCUT2D eigenvalue weighted by molar-refractivity contribution is 7.22. The highest BCUT2D eigenvalue weighted by Crippen LogP contribution is 2.31. The average Bonchev–Trinajstić information content (AvgIpc) is 3.13. The van der Waals surface area contributed by atoms with Crippen LogP contribution in [0.15, 0.2) is 53.6 Å². The van der Waals surface area contributed by atoms with Gasteiger partial charge in [-0.3, -0.25) is 14.2 Å². The van der Waals surface area contributed by atoms with Gasteiger partial charge in [0.25, 0.3) is 5.56 Å². The van der Waals surface area contributed by atoms with Gasteiger partial charge < -0.3 is 9.64 Å². The van der Waals surface area contributed by atoms with Gasteiger partial charge in [-0.2, -0.15) is 0 Å². The highest BCUT2D eigenvalue weighted by Gasteiger charge is 2.16. The molecule has 0 spiro atoms. The molecule has 2 aromatic heterocycles. The molecule has 6 nitrogen and oxygen atoms in total. The number of rotatable bonds is 7. The van der Waals surface area contributed by atoms with E-state index in [0.717, 1.165) is 21.8 Å². The van der Waals surface area contributed by atoms with Crippen molar-refractivity contribution in [3.8, 4) is 16.2 Å². The van der Waals surface area contributed by atoms with Gasteiger partial charge in [0.05, 0.1) is 19.0 Å². The van der Waals surface area contributed by atoms with Gasteiger partial charge in [-0.25, -0.2) is 4.98 Å². The molecule has 0 aliphatic heterocycles. The smallest absolute Gasteiger partial charge is 0.271 e. The van der Waals surface area contributed by atoms with E-state index in [1.807, 2.05) is 44.2 Å². The van der Waals surface area contributed by atoms with Crippen LogP contribution in [0.4, 0.5) is 0 Å². The molecule has 3 rings (SSSR count). The van der Waals surface area contributed by atoms with Crippen molar-refractivity contribution in [1.29, 1.82) is 0 Å². The van der Waals surface area contributed by atoms with Crippen molar-refractivity contribution in [2.24, 2.45) is 0 Å². The molecule has 0 saturated carbocycles. The molecule has 7 heteroatoms. The summed E-state index contributed by atoms with van der Waals surface area (Å²) in [6.07, 6.45) is 1.45. The summed E-state index contributed by atoms with van der Waals surface area (Å²) < 4.78 is 7.11. The fourth-order valence-corrected chi connectivity index (χ4v) is 3.97. The van der Waals surface area contributed by atoms with E-state index in [1.165, 1.54) is 22.2 Å². The Balaban J connectivity index is 1.89. The number of hydrogen-bond donors (Lipinski definition) is 0. The van der Waals surface area contributed by atoms with Crippen LogP contribution >= 0.6 is 11.3 Å². The predicted molar refractivity (Wildman–Crippen MR) is 113 cm³/mol. The molecule has 0 radical (unpaired) electrons. The van der Waals surface area contributed by atoms with E-state index in [-0.39, 0.29) is 18.0 Å². The van der Waals surface area contributed by atoms with E-state index in [2.05, 4.69) is 11.6 Å². The van der Waals surface area contributed by atoms with Crippen LogP contribution in [0.25, 0.3) is 20.7 Å². The van der Waals surface area contributed by atoms with Gasteiger partial charge in [0.2, 0.25) is 5.91 Å². The summed E-state index contributed by atoms with van der Waals surface area (Å²) in [5, 5.41) is 0. The second-order valence-electron chi connectivity index (χ2n) is 6.60. The number of benzene rings is 1. The lowest BCUT2D eigenvalue weighted by atomic mass is 10.2. The maximum Gasteiger partial charge on any atom is 0.271 e. The fraction of sp³-hybridized carbons (Fsp3) is 0.286. The van der Waals surface area contributed by atoms with Crippen LogP contribution in [-0.4, -0.2) is 40.6 Å². The van der Waals surface area contributed by atoms with Crippen molar-refractivity contribution in [3.63, 3.8) is 0 Å². The van der Waals surface area contributed by atoms with Crippen molar-refractivity contribution in [2.75, 3.05) is 20.2 Å². The lowest BCUT2D eigenvalue weighted by molar-refractivity contribution is -0.131. The normalized spacial score (nSPS) is 10.8. The molecule has 0 bridgehead atoms. The first-order valence-electron chi connectivity index (χ1n) is 8.98. The fourth-order valence-electron chi connectivity index (χ4n) is 2.90. The molecular formula is C21H23N3O3S. The Labute approximate surface area is 167 Å². The van der Waals surface area contributed by atoms with Crippen molar-refractivity contribution in [1.82, 2.24) is 14.5 Å². The molecular weight excluding hydrogens is 374 g/mol. The third-order valence-electron chi connectivity index (χ3n) is 4.38. The van der Waals surface area contributed by atoms with Gasteiger partial charge in [-0.1, -0.05) is 12.2 Å². The predicted octanol–water partition coefficient (Wildman–Crippen LogP) is 3.56. The molecule has 0 fully saturated rings. The average molecular weight is 398 g/mol. The molecule has 0 aliphatic rings. The number of aromatic nitrogens is 2. The van der Waals surface area contributed by atoms with Crippen molar-refractivity contribution >= 4 is 27.5 Å². The summed E-state index contributed by atoms with van der Waals surface area (Å²) in [7, 11) is 1.62. The Morgan fingerprint density at radius 3 is 2.64 bits per heavy atom. The zero-order valence-electron chi connectivity index (χ0n) is 16.3. The van der Waals surface area contributed by atoms with E-state index in [0.29, 0.717) is 23.3 Å². The Hall–Kier alpha value is -2.93. The zero-order chi connectivity index (χ0) is 20.3. The third-order valence-corrected chi connectivity index (χ3v) is 5.54. The number of methoxy groups -OCH3 is 1. The first-order chi connectivity index (χ1) is 13.4. The van der Waals surface area contributed by atoms with Crippen LogP contribution in [0, 0.1) is 0 Å². The lowest BCUT2D eigenvalue weighted by Gasteiger charge is -2.21. The van der Waals surface area contributed by atoms with E-state index in [4.69, 9.17) is 4.74 Å². The van der Waals surface area contributed by atoms with Crippen LogP contribution in [-0.2, 0) is 11.3 Å². The maximum atomic E-state index is 12.9. The number of thiophene rings is 1. The van der Waals surface area contributed by atoms with E-state index in [1.54, 1.807) is 12.0 Å². The molecule has 0 unspecified atom stereocenters. The number of nitrogens with zero attached hydrogens (tertiary/aromatic N) is 3. The van der Waals surface area contributed by atoms with Gasteiger partial charge in [0.1, 0.15) is 17.0 Å². The summed E-state index contributed by atoms with van der Waals surface area (Å²) in [6, 6.07) is 9.55. The van der Waals surface area contributed by atoms with Crippen LogP contribution in [0.2, 0.25) is 0 Å². The number of fused-ring (bicyclic) bond motifs is 1.